The molecule has 0 unspecified atom stereocenters. The molecule has 1 aliphatic carbocycles. The van der Waals surface area contributed by atoms with E-state index < -0.39 is 10.0 Å². The third-order valence-electron chi connectivity index (χ3n) is 4.31. The fraction of sp³-hybridized carbons (Fsp3) is 0.625. The van der Waals surface area contributed by atoms with Gasteiger partial charge < -0.3 is 5.73 Å². The van der Waals surface area contributed by atoms with Gasteiger partial charge >= 0.3 is 0 Å². The lowest BCUT2D eigenvalue weighted by molar-refractivity contribution is 0.236. The highest BCUT2D eigenvalue weighted by molar-refractivity contribution is 7.89. The smallest absolute Gasteiger partial charge is 0.240 e. The topological polar surface area (TPSA) is 72.2 Å². The molecular weight excluding hydrogens is 284 g/mol. The summed E-state index contributed by atoms with van der Waals surface area (Å²) in [5.41, 5.74) is 6.27. The van der Waals surface area contributed by atoms with Crippen LogP contribution in [-0.4, -0.2) is 15.0 Å². The Kier molecular flexibility index (Phi) is 4.94. The lowest BCUT2D eigenvalue weighted by Gasteiger charge is -2.31. The average Bonchev–Trinajstić information content (AvgIpc) is 2.85. The fourth-order valence-corrected chi connectivity index (χ4v) is 4.67. The molecule has 0 spiro atoms. The third kappa shape index (κ3) is 4.20. The van der Waals surface area contributed by atoms with Crippen molar-refractivity contribution in [3.05, 3.63) is 24.3 Å². The zero-order valence-corrected chi connectivity index (χ0v) is 13.7. The van der Waals surface area contributed by atoms with Crippen molar-refractivity contribution in [2.75, 3.05) is 12.3 Å². The van der Waals surface area contributed by atoms with Crippen LogP contribution < -0.4 is 10.5 Å². The molecule has 0 heterocycles. The Balaban J connectivity index is 2.10. The standard InChI is InChI=1S/C16H26N2O2S/c1-13(2)11-16(8-3-4-9-16)12-18-21(19,20)15-7-5-6-14(17)10-15/h5-7,10,13,18H,3-4,8-9,11-12,17H2,1-2H3. The van der Waals surface area contributed by atoms with Gasteiger partial charge in [-0.05, 0) is 48.8 Å². The van der Waals surface area contributed by atoms with E-state index in [9.17, 15) is 8.42 Å². The van der Waals surface area contributed by atoms with Gasteiger partial charge in [0.25, 0.3) is 0 Å². The van der Waals surface area contributed by atoms with Crippen molar-refractivity contribution < 1.29 is 8.42 Å². The summed E-state index contributed by atoms with van der Waals surface area (Å²) in [5.74, 6) is 0.583. The first-order valence-electron chi connectivity index (χ1n) is 7.68. The summed E-state index contributed by atoms with van der Waals surface area (Å²) in [5, 5.41) is 0. The van der Waals surface area contributed by atoms with E-state index in [2.05, 4.69) is 18.6 Å². The Bertz CT molecular complexity index is 576. The largest absolute Gasteiger partial charge is 0.399 e. The first-order chi connectivity index (χ1) is 9.83. The minimum Gasteiger partial charge on any atom is -0.399 e. The first kappa shape index (κ1) is 16.3. The van der Waals surface area contributed by atoms with Crippen LogP contribution >= 0.6 is 0 Å². The van der Waals surface area contributed by atoms with Crippen LogP contribution in [0.3, 0.4) is 0 Å². The van der Waals surface area contributed by atoms with Crippen molar-refractivity contribution in [3.63, 3.8) is 0 Å². The van der Waals surface area contributed by atoms with E-state index in [0.29, 0.717) is 18.2 Å². The molecule has 1 aromatic carbocycles. The summed E-state index contributed by atoms with van der Waals surface area (Å²) in [6, 6.07) is 6.45. The van der Waals surface area contributed by atoms with E-state index in [-0.39, 0.29) is 10.3 Å². The molecule has 4 nitrogen and oxygen atoms in total. The SMILES string of the molecule is CC(C)CC1(CNS(=O)(=O)c2cccc(N)c2)CCCC1. The highest BCUT2D eigenvalue weighted by Crippen LogP contribution is 2.42. The quantitative estimate of drug-likeness (QED) is 0.793. The summed E-state index contributed by atoms with van der Waals surface area (Å²) in [6.07, 6.45) is 5.71. The van der Waals surface area contributed by atoms with Gasteiger partial charge in [-0.2, -0.15) is 0 Å². The molecule has 0 atom stereocenters. The molecule has 0 bridgehead atoms. The van der Waals surface area contributed by atoms with Crippen LogP contribution in [0.1, 0.15) is 46.0 Å². The van der Waals surface area contributed by atoms with Gasteiger partial charge in [-0.15, -0.1) is 0 Å². The van der Waals surface area contributed by atoms with Crippen LogP contribution in [0.2, 0.25) is 0 Å². The first-order valence-corrected chi connectivity index (χ1v) is 9.17. The number of benzene rings is 1. The van der Waals surface area contributed by atoms with Gasteiger partial charge in [0.15, 0.2) is 0 Å². The van der Waals surface area contributed by atoms with Crippen molar-refractivity contribution in [1.29, 1.82) is 0 Å². The molecule has 118 valence electrons. The predicted octanol–water partition coefficient (Wildman–Crippen LogP) is 3.15. The maximum atomic E-state index is 12.4. The zero-order chi connectivity index (χ0) is 15.5. The van der Waals surface area contributed by atoms with Gasteiger partial charge in [-0.1, -0.05) is 32.8 Å². The van der Waals surface area contributed by atoms with Crippen LogP contribution in [0, 0.1) is 11.3 Å². The number of nitrogens with one attached hydrogen (secondary N) is 1. The third-order valence-corrected chi connectivity index (χ3v) is 5.71. The molecule has 3 N–H and O–H groups in total. The van der Waals surface area contributed by atoms with Gasteiger partial charge in [0, 0.05) is 12.2 Å². The van der Waals surface area contributed by atoms with Crippen molar-refractivity contribution in [3.8, 4) is 0 Å². The van der Waals surface area contributed by atoms with Gasteiger partial charge in [-0.3, -0.25) is 0 Å². The van der Waals surface area contributed by atoms with E-state index in [4.69, 9.17) is 5.73 Å². The van der Waals surface area contributed by atoms with Gasteiger partial charge in [0.2, 0.25) is 10.0 Å². The lowest BCUT2D eigenvalue weighted by atomic mass is 9.79. The van der Waals surface area contributed by atoms with Crippen LogP contribution in [0.25, 0.3) is 0 Å². The second-order valence-corrected chi connectivity index (χ2v) is 8.47. The zero-order valence-electron chi connectivity index (χ0n) is 12.9. The number of nitrogen functional groups attached to an aromatic ring is 1. The summed E-state index contributed by atoms with van der Waals surface area (Å²) < 4.78 is 27.6. The molecule has 1 aromatic rings. The van der Waals surface area contributed by atoms with Crippen molar-refractivity contribution >= 4 is 15.7 Å². The monoisotopic (exact) mass is 310 g/mol. The van der Waals surface area contributed by atoms with Gasteiger partial charge in [0.05, 0.1) is 4.90 Å². The number of sulfonamides is 1. The molecule has 0 aliphatic heterocycles. The van der Waals surface area contributed by atoms with Crippen molar-refractivity contribution in [1.82, 2.24) is 4.72 Å². The Morgan fingerprint density at radius 3 is 2.52 bits per heavy atom. The van der Waals surface area contributed by atoms with Crippen LogP contribution in [0.4, 0.5) is 5.69 Å². The molecule has 1 saturated carbocycles. The Hall–Kier alpha value is -1.07. The molecule has 5 heteroatoms. The average molecular weight is 310 g/mol. The maximum absolute atomic E-state index is 12.4. The molecule has 0 saturated heterocycles. The number of anilines is 1. The number of nitrogens with two attached hydrogens (primary N) is 1. The molecular formula is C16H26N2O2S. The predicted molar refractivity (Wildman–Crippen MR) is 86.4 cm³/mol. The molecule has 0 aromatic heterocycles. The van der Waals surface area contributed by atoms with E-state index in [1.54, 1.807) is 18.2 Å². The lowest BCUT2D eigenvalue weighted by Crippen LogP contribution is -2.36. The number of hydrogen-bond donors (Lipinski definition) is 2. The highest BCUT2D eigenvalue weighted by atomic mass is 32.2. The molecule has 1 aliphatic rings. The second kappa shape index (κ2) is 6.36. The summed E-state index contributed by atoms with van der Waals surface area (Å²) in [7, 11) is -3.47. The Labute approximate surface area is 128 Å². The van der Waals surface area contributed by atoms with Crippen LogP contribution in [0.15, 0.2) is 29.2 Å². The van der Waals surface area contributed by atoms with E-state index in [1.807, 2.05) is 0 Å². The number of hydrogen-bond acceptors (Lipinski definition) is 3. The molecule has 1 fully saturated rings. The normalized spacial score (nSPS) is 18.2. The van der Waals surface area contributed by atoms with Crippen LogP contribution in [0.5, 0.6) is 0 Å². The van der Waals surface area contributed by atoms with Crippen molar-refractivity contribution in [2.45, 2.75) is 50.8 Å². The molecule has 2 rings (SSSR count). The van der Waals surface area contributed by atoms with E-state index in [1.165, 1.54) is 18.9 Å². The van der Waals surface area contributed by atoms with Crippen molar-refractivity contribution in [2.24, 2.45) is 11.3 Å². The molecule has 0 amide bonds. The summed E-state index contributed by atoms with van der Waals surface area (Å²) >= 11 is 0. The molecule has 0 radical (unpaired) electrons. The summed E-state index contributed by atoms with van der Waals surface area (Å²) in [6.45, 7) is 4.93. The van der Waals surface area contributed by atoms with E-state index in [0.717, 1.165) is 19.3 Å². The Morgan fingerprint density at radius 1 is 1.29 bits per heavy atom. The number of rotatable bonds is 6. The molecule has 21 heavy (non-hydrogen) atoms. The highest BCUT2D eigenvalue weighted by Gasteiger charge is 2.35. The summed E-state index contributed by atoms with van der Waals surface area (Å²) in [4.78, 5) is 0.250. The minimum atomic E-state index is -3.47. The minimum absolute atomic E-state index is 0.127. The fourth-order valence-electron chi connectivity index (χ4n) is 3.46. The Morgan fingerprint density at radius 2 is 1.95 bits per heavy atom. The second-order valence-electron chi connectivity index (χ2n) is 6.70. The van der Waals surface area contributed by atoms with Crippen LogP contribution in [-0.2, 0) is 10.0 Å². The van der Waals surface area contributed by atoms with Gasteiger partial charge in [0.1, 0.15) is 0 Å². The van der Waals surface area contributed by atoms with Gasteiger partial charge in [-0.25, -0.2) is 13.1 Å². The maximum Gasteiger partial charge on any atom is 0.240 e. The van der Waals surface area contributed by atoms with E-state index >= 15 is 0 Å².